The highest BCUT2D eigenvalue weighted by atomic mass is 35.5. The van der Waals surface area contributed by atoms with Crippen LogP contribution in [-0.2, 0) is 20.7 Å². The van der Waals surface area contributed by atoms with Crippen molar-refractivity contribution in [3.63, 3.8) is 0 Å². The Hall–Kier alpha value is -3.06. The molecule has 0 aliphatic heterocycles. The van der Waals surface area contributed by atoms with Crippen LogP contribution in [0.5, 0.6) is 0 Å². The molecule has 0 fully saturated rings. The Kier molecular flexibility index (Phi) is 7.83. The molecular weight excluding hydrogens is 382 g/mol. The number of carbonyl (C=O) groups is 3. The first-order valence-electron chi connectivity index (χ1n) is 8.73. The first-order valence-corrected chi connectivity index (χ1v) is 9.11. The first-order chi connectivity index (χ1) is 13.4. The Bertz CT molecular complexity index is 840. The highest BCUT2D eigenvalue weighted by Gasteiger charge is 2.19. The van der Waals surface area contributed by atoms with Gasteiger partial charge >= 0.3 is 12.0 Å². The number of nitrogens with two attached hydrogens (primary N) is 1. The number of hydrogen-bond donors (Lipinski definition) is 3. The average Bonchev–Trinajstić information content (AvgIpc) is 2.66. The Balaban J connectivity index is 1.90. The molecule has 7 nitrogen and oxygen atoms in total. The van der Waals surface area contributed by atoms with E-state index >= 15 is 0 Å². The van der Waals surface area contributed by atoms with E-state index in [9.17, 15) is 14.4 Å². The largest absolute Gasteiger partial charge is 0.455 e. The maximum absolute atomic E-state index is 12.1. The van der Waals surface area contributed by atoms with Gasteiger partial charge in [-0.15, -0.1) is 0 Å². The summed E-state index contributed by atoms with van der Waals surface area (Å²) < 4.78 is 5.02. The first kappa shape index (κ1) is 21.2. The monoisotopic (exact) mass is 403 g/mol. The van der Waals surface area contributed by atoms with Crippen LogP contribution in [0.25, 0.3) is 0 Å². The maximum Gasteiger partial charge on any atom is 0.312 e. The third kappa shape index (κ3) is 6.92. The predicted molar refractivity (Wildman–Crippen MR) is 107 cm³/mol. The van der Waals surface area contributed by atoms with Crippen LogP contribution in [0.3, 0.4) is 0 Å². The van der Waals surface area contributed by atoms with E-state index in [1.54, 1.807) is 30.3 Å². The molecule has 0 bridgehead atoms. The van der Waals surface area contributed by atoms with Crippen LogP contribution in [0.2, 0.25) is 5.02 Å². The van der Waals surface area contributed by atoms with Crippen LogP contribution >= 0.6 is 11.6 Å². The number of primary amides is 1. The van der Waals surface area contributed by atoms with Gasteiger partial charge in [-0.25, -0.2) is 4.79 Å². The van der Waals surface area contributed by atoms with Crippen LogP contribution in [0, 0.1) is 0 Å². The molecule has 2 aromatic carbocycles. The standard InChI is InChI=1S/C20H22ClN3O4/c1-2-13-4-3-5-16(10-13)23-18(25)12-28-19(26)11-17(24-20(22)27)14-6-8-15(21)9-7-14/h3-10,17H,2,11-12H2,1H3,(H,23,25)(H3,22,24,27)/t17-/m0/s1. The fraction of sp³-hybridized carbons (Fsp3) is 0.250. The maximum atomic E-state index is 12.1. The van der Waals surface area contributed by atoms with Crippen molar-refractivity contribution in [2.75, 3.05) is 11.9 Å². The molecular formula is C20H22ClN3O4. The second-order valence-electron chi connectivity index (χ2n) is 6.08. The predicted octanol–water partition coefficient (Wildman–Crippen LogP) is 3.18. The van der Waals surface area contributed by atoms with Crippen LogP contribution in [-0.4, -0.2) is 24.5 Å². The number of aryl methyl sites for hydroxylation is 1. The second kappa shape index (κ2) is 10.3. The summed E-state index contributed by atoms with van der Waals surface area (Å²) in [6.45, 7) is 1.58. The van der Waals surface area contributed by atoms with E-state index in [-0.39, 0.29) is 6.42 Å². The van der Waals surface area contributed by atoms with E-state index in [4.69, 9.17) is 22.1 Å². The topological polar surface area (TPSA) is 111 Å². The molecule has 0 saturated carbocycles. The van der Waals surface area contributed by atoms with Crippen LogP contribution in [0.15, 0.2) is 48.5 Å². The summed E-state index contributed by atoms with van der Waals surface area (Å²) in [5, 5.41) is 5.68. The number of nitrogens with one attached hydrogen (secondary N) is 2. The third-order valence-corrected chi connectivity index (χ3v) is 4.19. The van der Waals surface area contributed by atoms with Crippen molar-refractivity contribution in [1.82, 2.24) is 5.32 Å². The fourth-order valence-corrected chi connectivity index (χ4v) is 2.68. The van der Waals surface area contributed by atoms with Gasteiger partial charge in [0.25, 0.3) is 5.91 Å². The lowest BCUT2D eigenvalue weighted by atomic mass is 10.0. The zero-order valence-electron chi connectivity index (χ0n) is 15.4. The van der Waals surface area contributed by atoms with E-state index < -0.39 is 30.6 Å². The van der Waals surface area contributed by atoms with Gasteiger partial charge in [0, 0.05) is 10.7 Å². The van der Waals surface area contributed by atoms with Crippen LogP contribution < -0.4 is 16.4 Å². The van der Waals surface area contributed by atoms with Crippen molar-refractivity contribution in [2.24, 2.45) is 5.73 Å². The molecule has 0 heterocycles. The van der Waals surface area contributed by atoms with E-state index in [1.165, 1.54) is 0 Å². The van der Waals surface area contributed by atoms with Gasteiger partial charge in [0.05, 0.1) is 12.5 Å². The van der Waals surface area contributed by atoms with Crippen molar-refractivity contribution >= 4 is 35.2 Å². The minimum absolute atomic E-state index is 0.177. The number of carbonyl (C=O) groups excluding carboxylic acids is 3. The quantitative estimate of drug-likeness (QED) is 0.588. The molecule has 0 radical (unpaired) electrons. The SMILES string of the molecule is CCc1cccc(NC(=O)COC(=O)C[C@H](NC(N)=O)c2ccc(Cl)cc2)c1. The zero-order valence-corrected chi connectivity index (χ0v) is 16.2. The van der Waals surface area contributed by atoms with Crippen molar-refractivity contribution in [3.05, 3.63) is 64.7 Å². The third-order valence-electron chi connectivity index (χ3n) is 3.94. The number of anilines is 1. The lowest BCUT2D eigenvalue weighted by molar-refractivity contribution is -0.147. The summed E-state index contributed by atoms with van der Waals surface area (Å²) >= 11 is 5.85. The number of esters is 1. The number of urea groups is 1. The minimum Gasteiger partial charge on any atom is -0.455 e. The van der Waals surface area contributed by atoms with E-state index in [2.05, 4.69) is 10.6 Å². The summed E-state index contributed by atoms with van der Waals surface area (Å²) in [4.78, 5) is 35.3. The highest BCUT2D eigenvalue weighted by molar-refractivity contribution is 6.30. The minimum atomic E-state index is -0.777. The number of rotatable bonds is 8. The number of hydrogen-bond acceptors (Lipinski definition) is 4. The molecule has 0 unspecified atom stereocenters. The van der Waals surface area contributed by atoms with E-state index in [1.807, 2.05) is 25.1 Å². The lowest BCUT2D eigenvalue weighted by Crippen LogP contribution is -2.35. The normalized spacial score (nSPS) is 11.4. The number of amides is 3. The molecule has 1 atom stereocenters. The Labute approximate surface area is 168 Å². The molecule has 0 aliphatic rings. The molecule has 0 saturated heterocycles. The molecule has 2 aromatic rings. The van der Waals surface area contributed by atoms with Gasteiger partial charge in [-0.2, -0.15) is 0 Å². The van der Waals surface area contributed by atoms with Gasteiger partial charge in [0.1, 0.15) is 0 Å². The molecule has 28 heavy (non-hydrogen) atoms. The molecule has 4 N–H and O–H groups in total. The number of halogens is 1. The molecule has 3 amide bonds. The van der Waals surface area contributed by atoms with Gasteiger partial charge in [0.2, 0.25) is 0 Å². The molecule has 2 rings (SSSR count). The summed E-state index contributed by atoms with van der Waals surface area (Å²) in [5.74, 6) is -1.10. The van der Waals surface area contributed by atoms with Crippen LogP contribution in [0.4, 0.5) is 10.5 Å². The fourth-order valence-electron chi connectivity index (χ4n) is 2.56. The molecule has 0 aromatic heterocycles. The van der Waals surface area contributed by atoms with Crippen LogP contribution in [0.1, 0.15) is 30.5 Å². The average molecular weight is 404 g/mol. The van der Waals surface area contributed by atoms with Gasteiger partial charge in [-0.1, -0.05) is 42.8 Å². The van der Waals surface area contributed by atoms with Crippen molar-refractivity contribution in [1.29, 1.82) is 0 Å². The zero-order chi connectivity index (χ0) is 20.5. The van der Waals surface area contributed by atoms with Gasteiger partial charge in [-0.05, 0) is 41.8 Å². The summed E-state index contributed by atoms with van der Waals surface area (Å²) in [7, 11) is 0. The van der Waals surface area contributed by atoms with E-state index in [0.717, 1.165) is 12.0 Å². The number of ether oxygens (including phenoxy) is 1. The van der Waals surface area contributed by atoms with E-state index in [0.29, 0.717) is 16.3 Å². The smallest absolute Gasteiger partial charge is 0.312 e. The van der Waals surface area contributed by atoms with Crippen molar-refractivity contribution in [2.45, 2.75) is 25.8 Å². The summed E-state index contributed by atoms with van der Waals surface area (Å²) in [6.07, 6.45) is 0.667. The summed E-state index contributed by atoms with van der Waals surface area (Å²) in [5.41, 5.74) is 7.53. The Morgan fingerprint density at radius 3 is 2.50 bits per heavy atom. The number of benzene rings is 2. The second-order valence-corrected chi connectivity index (χ2v) is 6.52. The highest BCUT2D eigenvalue weighted by Crippen LogP contribution is 2.20. The summed E-state index contributed by atoms with van der Waals surface area (Å²) in [6, 6.07) is 12.6. The van der Waals surface area contributed by atoms with Gasteiger partial charge < -0.3 is 21.1 Å². The molecule has 0 aliphatic carbocycles. The van der Waals surface area contributed by atoms with Gasteiger partial charge in [0.15, 0.2) is 6.61 Å². The molecule has 148 valence electrons. The molecule has 8 heteroatoms. The Morgan fingerprint density at radius 2 is 1.86 bits per heavy atom. The van der Waals surface area contributed by atoms with Crippen molar-refractivity contribution < 1.29 is 19.1 Å². The molecule has 0 spiro atoms. The van der Waals surface area contributed by atoms with Crippen molar-refractivity contribution in [3.8, 4) is 0 Å². The van der Waals surface area contributed by atoms with Gasteiger partial charge in [-0.3, -0.25) is 9.59 Å². The Morgan fingerprint density at radius 1 is 1.14 bits per heavy atom. The lowest BCUT2D eigenvalue weighted by Gasteiger charge is -2.17.